The minimum Gasteiger partial charge on any atom is -0.380 e. The van der Waals surface area contributed by atoms with E-state index in [1.807, 2.05) is 17.0 Å². The fraction of sp³-hybridized carbons (Fsp3) is 0.562. The van der Waals surface area contributed by atoms with Gasteiger partial charge in [0.2, 0.25) is 5.91 Å². The third-order valence-electron chi connectivity index (χ3n) is 3.82. The van der Waals surface area contributed by atoms with Crippen LogP contribution in [0.15, 0.2) is 24.3 Å². The van der Waals surface area contributed by atoms with Crippen molar-refractivity contribution in [2.75, 3.05) is 13.7 Å². The molecule has 1 aliphatic heterocycles. The number of amides is 1. The second-order valence-electron chi connectivity index (χ2n) is 5.41. The molecule has 1 aromatic rings. The molecule has 0 radical (unpaired) electrons. The Labute approximate surface area is 120 Å². The van der Waals surface area contributed by atoms with E-state index in [1.165, 1.54) is 0 Å². The van der Waals surface area contributed by atoms with Crippen molar-refractivity contribution in [3.63, 3.8) is 0 Å². The van der Waals surface area contributed by atoms with Gasteiger partial charge in [0.15, 0.2) is 0 Å². The summed E-state index contributed by atoms with van der Waals surface area (Å²) >= 11 is 0. The molecule has 2 N–H and O–H groups in total. The van der Waals surface area contributed by atoms with Crippen molar-refractivity contribution in [1.29, 1.82) is 0 Å². The Balaban J connectivity index is 2.30. The van der Waals surface area contributed by atoms with E-state index in [-0.39, 0.29) is 18.0 Å². The zero-order chi connectivity index (χ0) is 14.5. The largest absolute Gasteiger partial charge is 0.380 e. The Morgan fingerprint density at radius 1 is 1.45 bits per heavy atom. The summed E-state index contributed by atoms with van der Waals surface area (Å²) in [7, 11) is 1.69. The van der Waals surface area contributed by atoms with Gasteiger partial charge in [-0.15, -0.1) is 0 Å². The third kappa shape index (κ3) is 3.19. The molecule has 1 amide bonds. The number of piperidine rings is 1. The molecule has 1 fully saturated rings. The Kier molecular flexibility index (Phi) is 5.15. The molecular weight excluding hydrogens is 252 g/mol. The zero-order valence-corrected chi connectivity index (χ0v) is 12.3. The van der Waals surface area contributed by atoms with Crippen molar-refractivity contribution in [2.24, 2.45) is 5.73 Å². The van der Waals surface area contributed by atoms with Crippen LogP contribution in [-0.2, 0) is 16.1 Å². The van der Waals surface area contributed by atoms with Crippen LogP contribution < -0.4 is 5.73 Å². The maximum Gasteiger partial charge on any atom is 0.223 e. The van der Waals surface area contributed by atoms with Crippen molar-refractivity contribution in [1.82, 2.24) is 4.90 Å². The molecule has 1 aliphatic rings. The molecule has 0 aromatic heterocycles. The molecule has 1 aromatic carbocycles. The van der Waals surface area contributed by atoms with Gasteiger partial charge >= 0.3 is 0 Å². The number of likely N-dealkylation sites (tertiary alicyclic amines) is 1. The Bertz CT molecular complexity index is 462. The van der Waals surface area contributed by atoms with Gasteiger partial charge in [0, 0.05) is 26.1 Å². The highest BCUT2D eigenvalue weighted by atomic mass is 16.5. The van der Waals surface area contributed by atoms with E-state index in [0.717, 1.165) is 30.5 Å². The average Bonchev–Trinajstić information content (AvgIpc) is 2.44. The SMILES string of the molecule is CCCN1C(=O)CCC(N)C1c1cccc(COC)c1. The first kappa shape index (κ1) is 15.0. The predicted molar refractivity (Wildman–Crippen MR) is 79.1 cm³/mol. The number of hydrogen-bond acceptors (Lipinski definition) is 3. The van der Waals surface area contributed by atoms with Crippen LogP contribution in [0.1, 0.15) is 43.4 Å². The lowest BCUT2D eigenvalue weighted by Gasteiger charge is -2.40. The van der Waals surface area contributed by atoms with Gasteiger partial charge in [-0.1, -0.05) is 31.2 Å². The quantitative estimate of drug-likeness (QED) is 0.897. The topological polar surface area (TPSA) is 55.6 Å². The predicted octanol–water partition coefficient (Wildman–Crippen LogP) is 2.23. The van der Waals surface area contributed by atoms with Crippen molar-refractivity contribution in [2.45, 2.75) is 44.9 Å². The standard InChI is InChI=1S/C16H24N2O2/c1-3-9-18-15(19)8-7-14(17)16(18)13-6-4-5-12(10-13)11-20-2/h4-6,10,14,16H,3,7-9,11,17H2,1-2H3. The zero-order valence-electron chi connectivity index (χ0n) is 12.3. The lowest BCUT2D eigenvalue weighted by Crippen LogP contribution is -2.49. The van der Waals surface area contributed by atoms with Gasteiger partial charge in [-0.3, -0.25) is 4.79 Å². The monoisotopic (exact) mass is 276 g/mol. The molecular formula is C16H24N2O2. The van der Waals surface area contributed by atoms with Crippen LogP contribution >= 0.6 is 0 Å². The van der Waals surface area contributed by atoms with Crippen LogP contribution in [0.2, 0.25) is 0 Å². The number of carbonyl (C=O) groups excluding carboxylic acids is 1. The first-order valence-electron chi connectivity index (χ1n) is 7.30. The minimum atomic E-state index is -0.00648. The molecule has 2 rings (SSSR count). The summed E-state index contributed by atoms with van der Waals surface area (Å²) in [4.78, 5) is 14.1. The van der Waals surface area contributed by atoms with Crippen molar-refractivity contribution >= 4 is 5.91 Å². The van der Waals surface area contributed by atoms with E-state index < -0.39 is 0 Å². The van der Waals surface area contributed by atoms with Gasteiger partial charge in [0.1, 0.15) is 0 Å². The van der Waals surface area contributed by atoms with Gasteiger partial charge in [-0.05, 0) is 24.0 Å². The molecule has 1 saturated heterocycles. The molecule has 0 bridgehead atoms. The summed E-state index contributed by atoms with van der Waals surface area (Å²) in [6.45, 7) is 3.44. The van der Waals surface area contributed by atoms with Crippen LogP contribution in [-0.4, -0.2) is 30.5 Å². The third-order valence-corrected chi connectivity index (χ3v) is 3.82. The van der Waals surface area contributed by atoms with E-state index >= 15 is 0 Å². The number of methoxy groups -OCH3 is 1. The molecule has 1 heterocycles. The maximum absolute atomic E-state index is 12.2. The van der Waals surface area contributed by atoms with E-state index in [9.17, 15) is 4.79 Å². The van der Waals surface area contributed by atoms with Crippen molar-refractivity contribution < 1.29 is 9.53 Å². The Hall–Kier alpha value is -1.39. The highest BCUT2D eigenvalue weighted by Gasteiger charge is 2.34. The Morgan fingerprint density at radius 2 is 2.25 bits per heavy atom. The van der Waals surface area contributed by atoms with E-state index in [1.54, 1.807) is 7.11 Å². The number of nitrogens with zero attached hydrogens (tertiary/aromatic N) is 1. The molecule has 0 saturated carbocycles. The summed E-state index contributed by atoms with van der Waals surface area (Å²) in [5.74, 6) is 0.218. The lowest BCUT2D eigenvalue weighted by atomic mass is 9.89. The van der Waals surface area contributed by atoms with Gasteiger partial charge in [0.05, 0.1) is 12.6 Å². The lowest BCUT2D eigenvalue weighted by molar-refractivity contribution is -0.137. The van der Waals surface area contributed by atoms with Gasteiger partial charge in [0.25, 0.3) is 0 Å². The minimum absolute atomic E-state index is 0.00648. The molecule has 4 nitrogen and oxygen atoms in total. The smallest absolute Gasteiger partial charge is 0.223 e. The van der Waals surface area contributed by atoms with Crippen molar-refractivity contribution in [3.05, 3.63) is 35.4 Å². The van der Waals surface area contributed by atoms with Gasteiger partial charge < -0.3 is 15.4 Å². The normalized spacial score (nSPS) is 23.1. The van der Waals surface area contributed by atoms with E-state index in [2.05, 4.69) is 19.1 Å². The molecule has 0 spiro atoms. The highest BCUT2D eigenvalue weighted by molar-refractivity contribution is 5.78. The maximum atomic E-state index is 12.2. The molecule has 2 unspecified atom stereocenters. The van der Waals surface area contributed by atoms with Crippen LogP contribution in [0.4, 0.5) is 0 Å². The van der Waals surface area contributed by atoms with Crippen LogP contribution in [0.5, 0.6) is 0 Å². The summed E-state index contributed by atoms with van der Waals surface area (Å²) < 4.78 is 5.18. The van der Waals surface area contributed by atoms with Crippen LogP contribution in [0.25, 0.3) is 0 Å². The molecule has 0 aliphatic carbocycles. The number of hydrogen-bond donors (Lipinski definition) is 1. The number of benzene rings is 1. The number of rotatable bonds is 5. The second-order valence-corrected chi connectivity index (χ2v) is 5.41. The first-order chi connectivity index (χ1) is 9.67. The van der Waals surface area contributed by atoms with Gasteiger partial charge in [-0.25, -0.2) is 0 Å². The molecule has 4 heteroatoms. The fourth-order valence-electron chi connectivity index (χ4n) is 2.94. The Morgan fingerprint density at radius 3 is 2.95 bits per heavy atom. The summed E-state index contributed by atoms with van der Waals surface area (Å²) in [5.41, 5.74) is 8.53. The molecule has 2 atom stereocenters. The summed E-state index contributed by atoms with van der Waals surface area (Å²) in [6, 6.07) is 8.22. The summed E-state index contributed by atoms with van der Waals surface area (Å²) in [6.07, 6.45) is 2.28. The second kappa shape index (κ2) is 6.86. The van der Waals surface area contributed by atoms with Gasteiger partial charge in [-0.2, -0.15) is 0 Å². The van der Waals surface area contributed by atoms with E-state index in [0.29, 0.717) is 13.0 Å². The van der Waals surface area contributed by atoms with Crippen molar-refractivity contribution in [3.8, 4) is 0 Å². The molecule has 110 valence electrons. The van der Waals surface area contributed by atoms with Crippen LogP contribution in [0.3, 0.4) is 0 Å². The fourth-order valence-corrected chi connectivity index (χ4v) is 2.94. The number of carbonyl (C=O) groups is 1. The highest BCUT2D eigenvalue weighted by Crippen LogP contribution is 2.31. The summed E-state index contributed by atoms with van der Waals surface area (Å²) in [5, 5.41) is 0. The number of ether oxygens (including phenoxy) is 1. The average molecular weight is 276 g/mol. The molecule has 20 heavy (non-hydrogen) atoms. The first-order valence-corrected chi connectivity index (χ1v) is 7.30. The van der Waals surface area contributed by atoms with E-state index in [4.69, 9.17) is 10.5 Å². The van der Waals surface area contributed by atoms with Crippen LogP contribution in [0, 0.1) is 0 Å². The number of nitrogens with two attached hydrogens (primary N) is 1.